The fourth-order valence-corrected chi connectivity index (χ4v) is 8.61. The van der Waals surface area contributed by atoms with Crippen molar-refractivity contribution in [3.63, 3.8) is 0 Å². The second-order valence-corrected chi connectivity index (χ2v) is 14.0. The Labute approximate surface area is 330 Å². The molecule has 0 saturated heterocycles. The summed E-state index contributed by atoms with van der Waals surface area (Å²) < 4.78 is 0. The largest absolute Gasteiger partial charge is 0.310 e. The smallest absolute Gasteiger partial charge is 0.0465 e. The number of benzene rings is 7. The third-order valence-electron chi connectivity index (χ3n) is 11.0. The summed E-state index contributed by atoms with van der Waals surface area (Å²) in [4.78, 5) is 9.43. The van der Waals surface area contributed by atoms with E-state index in [4.69, 9.17) is 0 Å². The molecule has 8 aromatic rings. The van der Waals surface area contributed by atoms with Crippen LogP contribution >= 0.6 is 0 Å². The Morgan fingerprint density at radius 2 is 0.889 bits per heavy atom. The van der Waals surface area contributed by atoms with E-state index >= 15 is 0 Å². The molecule has 0 amide bonds. The summed E-state index contributed by atoms with van der Waals surface area (Å²) in [5.41, 5.74) is 16.7. The minimum atomic E-state index is -0.256. The topological polar surface area (TPSA) is 19.4 Å². The fraction of sp³-hybridized carbons (Fsp3) is 0.0600. The van der Waals surface area contributed by atoms with E-state index in [9.17, 15) is 0 Å². The van der Waals surface area contributed by atoms with Crippen LogP contribution in [-0.2, 0) is 38.4 Å². The number of anilines is 6. The summed E-state index contributed by atoms with van der Waals surface area (Å²) in [5.74, 6) is 0. The van der Waals surface area contributed by atoms with E-state index in [0.29, 0.717) is 0 Å². The van der Waals surface area contributed by atoms with E-state index in [1.165, 1.54) is 33.4 Å². The number of rotatable bonds is 7. The molecule has 0 unspecified atom stereocenters. The molecule has 0 N–H and O–H groups in total. The zero-order valence-corrected chi connectivity index (χ0v) is 32.0. The average Bonchev–Trinajstić information content (AvgIpc) is 3.74. The van der Waals surface area contributed by atoms with Gasteiger partial charge in [-0.2, -0.15) is 0 Å². The predicted molar refractivity (Wildman–Crippen MR) is 218 cm³/mol. The maximum Gasteiger partial charge on any atom is 0.0465 e. The van der Waals surface area contributed by atoms with E-state index in [2.05, 4.69) is 197 Å². The number of aromatic nitrogens is 1. The Balaban J connectivity index is 0.00000384. The monoisotopic (exact) mass is 871 g/mol. The predicted octanol–water partition coefficient (Wildman–Crippen LogP) is 12.6. The Morgan fingerprint density at radius 1 is 0.444 bits per heavy atom. The van der Waals surface area contributed by atoms with Gasteiger partial charge in [-0.3, -0.25) is 0 Å². The van der Waals surface area contributed by atoms with E-state index in [1.54, 1.807) is 0 Å². The number of hydrogen-bond donors (Lipinski definition) is 0. The van der Waals surface area contributed by atoms with Gasteiger partial charge in [-0.1, -0.05) is 97.1 Å². The van der Waals surface area contributed by atoms with Crippen LogP contribution < -0.4 is 9.80 Å². The second kappa shape index (κ2) is 14.1. The molecule has 0 fully saturated rings. The maximum absolute atomic E-state index is 4.67. The molecule has 2 aliphatic carbocycles. The van der Waals surface area contributed by atoms with E-state index in [0.717, 1.165) is 58.2 Å². The van der Waals surface area contributed by atoms with Gasteiger partial charge in [0.25, 0.3) is 0 Å². The summed E-state index contributed by atoms with van der Waals surface area (Å²) in [6.45, 7) is 0. The van der Waals surface area contributed by atoms with Crippen molar-refractivity contribution in [3.05, 3.63) is 223 Å². The average molecular weight is 871 g/mol. The Bertz CT molecular complexity index is 2350. The van der Waals surface area contributed by atoms with Crippen LogP contribution in [0.5, 0.6) is 0 Å². The first-order valence-electron chi connectivity index (χ1n) is 18.3. The van der Waals surface area contributed by atoms with Crippen molar-refractivity contribution in [2.24, 2.45) is 0 Å². The van der Waals surface area contributed by atoms with E-state index in [-0.39, 0.29) is 25.5 Å². The van der Waals surface area contributed by atoms with Crippen molar-refractivity contribution in [2.45, 2.75) is 18.3 Å². The summed E-state index contributed by atoms with van der Waals surface area (Å²) in [7, 11) is 0. The normalized spacial score (nSPS) is 13.0. The molecule has 1 spiro atoms. The Hall–Kier alpha value is -6.06. The maximum atomic E-state index is 4.67. The van der Waals surface area contributed by atoms with Crippen LogP contribution in [0, 0.1) is 6.07 Å². The molecular weight excluding hydrogens is 835 g/mol. The molecule has 54 heavy (non-hydrogen) atoms. The molecule has 1 aromatic heterocycles. The standard InChI is InChI=1S/C50H36N3.Ir/c1-5-15-39(16-6-1)52(40-17-7-2-8-18-40)43-26-28-45-46-29-27-44(53(41-19-9-3-10-20-41)42-21-11-4-12-22-42)33-48(46)50(47(45)32-43)34-37-25-24-36(31-38(37)35-50)49-23-13-14-30-51-49;/h1-23,25-33H,34-35H2;/q-1;. The zero-order chi connectivity index (χ0) is 35.2. The molecule has 1 radical (unpaired) electrons. The summed E-state index contributed by atoms with van der Waals surface area (Å²) in [5, 5.41) is 0. The first-order valence-corrected chi connectivity index (χ1v) is 18.3. The van der Waals surface area contributed by atoms with Crippen molar-refractivity contribution < 1.29 is 20.1 Å². The van der Waals surface area contributed by atoms with Gasteiger partial charge in [0.05, 0.1) is 0 Å². The first-order chi connectivity index (χ1) is 26.2. The number of nitrogens with zero attached hydrogens (tertiary/aromatic N) is 3. The van der Waals surface area contributed by atoms with Crippen LogP contribution in [0.3, 0.4) is 0 Å². The molecule has 4 heteroatoms. The molecule has 10 rings (SSSR count). The third kappa shape index (κ3) is 5.76. The number of fused-ring (bicyclic) bond motifs is 6. The van der Waals surface area contributed by atoms with Gasteiger partial charge < -0.3 is 14.8 Å². The molecule has 2 aliphatic rings. The molecule has 0 saturated carbocycles. The van der Waals surface area contributed by atoms with Gasteiger partial charge in [0.15, 0.2) is 0 Å². The van der Waals surface area contributed by atoms with Crippen molar-refractivity contribution in [3.8, 4) is 22.4 Å². The number of para-hydroxylation sites is 4. The van der Waals surface area contributed by atoms with Crippen LogP contribution in [0.4, 0.5) is 34.1 Å². The van der Waals surface area contributed by atoms with Crippen LogP contribution in [0.1, 0.15) is 22.3 Å². The molecule has 1 heterocycles. The summed E-state index contributed by atoms with van der Waals surface area (Å²) >= 11 is 0. The van der Waals surface area contributed by atoms with Gasteiger partial charge in [0.2, 0.25) is 0 Å². The SMILES string of the molecule is [Ir].[c-]1cc2c(cc1-c1ccccn1)CC1(C2)c2cc(N(c3ccccc3)c3ccccc3)ccc2-c2ccc(N(c3ccccc3)c3ccccc3)cc21. The van der Waals surface area contributed by atoms with E-state index in [1.807, 2.05) is 18.3 Å². The summed E-state index contributed by atoms with van der Waals surface area (Å²) in [6.07, 6.45) is 3.67. The quantitative estimate of drug-likeness (QED) is 0.149. The molecule has 0 aliphatic heterocycles. The zero-order valence-electron chi connectivity index (χ0n) is 29.6. The molecular formula is C50H36IrN3-. The van der Waals surface area contributed by atoms with Gasteiger partial charge in [-0.15, -0.1) is 34.9 Å². The van der Waals surface area contributed by atoms with Crippen LogP contribution in [0.2, 0.25) is 0 Å². The van der Waals surface area contributed by atoms with Gasteiger partial charge in [0, 0.05) is 65.8 Å². The third-order valence-corrected chi connectivity index (χ3v) is 11.0. The summed E-state index contributed by atoms with van der Waals surface area (Å²) in [6, 6.07) is 71.3. The second-order valence-electron chi connectivity index (χ2n) is 14.0. The fourth-order valence-electron chi connectivity index (χ4n) is 8.61. The minimum absolute atomic E-state index is 0. The van der Waals surface area contributed by atoms with Crippen LogP contribution in [0.15, 0.2) is 194 Å². The van der Waals surface area contributed by atoms with Gasteiger partial charge >= 0.3 is 0 Å². The van der Waals surface area contributed by atoms with Gasteiger partial charge in [-0.05, 0) is 120 Å². The van der Waals surface area contributed by atoms with E-state index < -0.39 is 0 Å². The van der Waals surface area contributed by atoms with Crippen LogP contribution in [-0.4, -0.2) is 4.98 Å². The molecule has 7 aromatic carbocycles. The van der Waals surface area contributed by atoms with Crippen LogP contribution in [0.25, 0.3) is 22.4 Å². The van der Waals surface area contributed by atoms with Crippen molar-refractivity contribution in [1.29, 1.82) is 0 Å². The molecule has 0 atom stereocenters. The Kier molecular flexibility index (Phi) is 8.79. The Morgan fingerprint density at radius 3 is 1.33 bits per heavy atom. The van der Waals surface area contributed by atoms with Crippen molar-refractivity contribution >= 4 is 34.1 Å². The molecule has 0 bridgehead atoms. The molecule has 3 nitrogen and oxygen atoms in total. The van der Waals surface area contributed by atoms with Gasteiger partial charge in [0.1, 0.15) is 0 Å². The first kappa shape index (κ1) is 33.8. The van der Waals surface area contributed by atoms with Gasteiger partial charge in [-0.25, -0.2) is 0 Å². The van der Waals surface area contributed by atoms with Crippen molar-refractivity contribution in [2.75, 3.05) is 9.80 Å². The minimum Gasteiger partial charge on any atom is -0.310 e. The van der Waals surface area contributed by atoms with Crippen molar-refractivity contribution in [1.82, 2.24) is 4.98 Å². The number of pyridine rings is 1. The molecule has 261 valence electrons. The number of hydrogen-bond acceptors (Lipinski definition) is 3.